The SMILES string of the molecule is Cc1cc(OCCCC(=O)Nc2sc(=S)c3c(c2C#N)CCC(C)C3)cc(C)c1Cl. The van der Waals surface area contributed by atoms with Crippen LogP contribution in [-0.2, 0) is 17.6 Å². The summed E-state index contributed by atoms with van der Waals surface area (Å²) in [6, 6.07) is 6.09. The van der Waals surface area contributed by atoms with Gasteiger partial charge in [0.15, 0.2) is 0 Å². The van der Waals surface area contributed by atoms with Crippen molar-refractivity contribution in [3.8, 4) is 11.8 Å². The molecule has 4 nitrogen and oxygen atoms in total. The molecule has 1 aliphatic rings. The van der Waals surface area contributed by atoms with E-state index >= 15 is 0 Å². The first-order valence-electron chi connectivity index (χ1n) is 10.1. The van der Waals surface area contributed by atoms with Crippen LogP contribution in [0.25, 0.3) is 0 Å². The molecule has 0 bridgehead atoms. The standard InChI is InChI=1S/C23H25ClN2O2S2/c1-13-6-7-17-18(9-13)23(29)30-22(19(17)12-25)26-20(27)5-4-8-28-16-10-14(2)21(24)15(3)11-16/h10-11,13H,4-9H2,1-3H3,(H,26,27). The number of halogens is 1. The van der Waals surface area contributed by atoms with E-state index in [2.05, 4.69) is 18.3 Å². The van der Waals surface area contributed by atoms with Gasteiger partial charge in [0.2, 0.25) is 5.91 Å². The molecule has 0 saturated heterocycles. The number of hydrogen-bond donors (Lipinski definition) is 1. The van der Waals surface area contributed by atoms with Gasteiger partial charge in [-0.05, 0) is 79.8 Å². The second-order valence-corrected chi connectivity index (χ2v) is 9.95. The molecule has 7 heteroatoms. The van der Waals surface area contributed by atoms with Crippen molar-refractivity contribution < 1.29 is 9.53 Å². The molecule has 1 N–H and O–H groups in total. The number of nitrogens with zero attached hydrogens (tertiary/aromatic N) is 1. The molecule has 0 fully saturated rings. The zero-order chi connectivity index (χ0) is 21.8. The van der Waals surface area contributed by atoms with E-state index in [1.807, 2.05) is 26.0 Å². The summed E-state index contributed by atoms with van der Waals surface area (Å²) in [4.78, 5) is 12.5. The molecule has 1 aromatic heterocycles. The molecule has 0 spiro atoms. The molecular weight excluding hydrogens is 436 g/mol. The maximum atomic E-state index is 12.5. The van der Waals surface area contributed by atoms with Gasteiger partial charge in [0, 0.05) is 11.4 Å². The molecule has 0 aliphatic heterocycles. The summed E-state index contributed by atoms with van der Waals surface area (Å²) < 4.78 is 6.55. The zero-order valence-electron chi connectivity index (χ0n) is 17.4. The number of carbonyl (C=O) groups excluding carboxylic acids is 1. The maximum absolute atomic E-state index is 12.5. The van der Waals surface area contributed by atoms with Crippen molar-refractivity contribution in [1.82, 2.24) is 0 Å². The highest BCUT2D eigenvalue weighted by atomic mass is 35.5. The average molecular weight is 461 g/mol. The van der Waals surface area contributed by atoms with E-state index in [9.17, 15) is 10.1 Å². The van der Waals surface area contributed by atoms with Crippen LogP contribution in [0.3, 0.4) is 0 Å². The largest absolute Gasteiger partial charge is 0.494 e. The molecule has 0 saturated carbocycles. The van der Waals surface area contributed by atoms with Gasteiger partial charge >= 0.3 is 0 Å². The number of benzene rings is 1. The van der Waals surface area contributed by atoms with E-state index in [4.69, 9.17) is 28.6 Å². The molecule has 1 atom stereocenters. The molecule has 0 radical (unpaired) electrons. The number of nitrogens with one attached hydrogen (secondary N) is 1. The lowest BCUT2D eigenvalue weighted by molar-refractivity contribution is -0.116. The van der Waals surface area contributed by atoms with Gasteiger partial charge in [0.25, 0.3) is 0 Å². The first-order valence-corrected chi connectivity index (χ1v) is 11.7. The summed E-state index contributed by atoms with van der Waals surface area (Å²) in [7, 11) is 0. The summed E-state index contributed by atoms with van der Waals surface area (Å²) >= 11 is 13.1. The predicted octanol–water partition coefficient (Wildman–Crippen LogP) is 6.54. The number of anilines is 1. The smallest absolute Gasteiger partial charge is 0.225 e. The molecule has 158 valence electrons. The quantitative estimate of drug-likeness (QED) is 0.392. The Labute approximate surface area is 191 Å². The van der Waals surface area contributed by atoms with Gasteiger partial charge in [0.1, 0.15) is 16.8 Å². The van der Waals surface area contributed by atoms with Crippen LogP contribution >= 0.6 is 35.2 Å². The average Bonchev–Trinajstić information content (AvgIpc) is 2.70. The van der Waals surface area contributed by atoms with Gasteiger partial charge in [-0.3, -0.25) is 4.79 Å². The third-order valence-corrected chi connectivity index (χ3v) is 7.40. The molecule has 1 aliphatic carbocycles. The number of ether oxygens (including phenoxy) is 1. The van der Waals surface area contributed by atoms with Crippen LogP contribution < -0.4 is 10.1 Å². The van der Waals surface area contributed by atoms with Crippen LogP contribution in [0.1, 0.15) is 54.0 Å². The van der Waals surface area contributed by atoms with Crippen LogP contribution in [0.5, 0.6) is 5.75 Å². The highest BCUT2D eigenvalue weighted by Crippen LogP contribution is 2.36. The third kappa shape index (κ3) is 5.21. The van der Waals surface area contributed by atoms with Crippen LogP contribution in [0.15, 0.2) is 12.1 Å². The summed E-state index contributed by atoms with van der Waals surface area (Å²) in [5, 5.41) is 13.9. The van der Waals surface area contributed by atoms with Gasteiger partial charge in [-0.1, -0.05) is 30.7 Å². The van der Waals surface area contributed by atoms with E-state index in [1.165, 1.54) is 11.3 Å². The number of aryl methyl sites for hydroxylation is 2. The molecule has 1 aromatic carbocycles. The molecule has 30 heavy (non-hydrogen) atoms. The first kappa shape index (κ1) is 22.7. The van der Waals surface area contributed by atoms with E-state index in [1.54, 1.807) is 0 Å². The number of hydrogen-bond acceptors (Lipinski definition) is 5. The Hall–Kier alpha value is -1.94. The first-order chi connectivity index (χ1) is 14.3. The lowest BCUT2D eigenvalue weighted by Crippen LogP contribution is -2.17. The fourth-order valence-corrected chi connectivity index (χ4v) is 5.26. The number of amides is 1. The second kappa shape index (κ2) is 9.91. The Morgan fingerprint density at radius 3 is 2.73 bits per heavy atom. The lowest BCUT2D eigenvalue weighted by atomic mass is 9.85. The molecule has 2 aromatic rings. The molecule has 1 amide bonds. The topological polar surface area (TPSA) is 62.1 Å². The van der Waals surface area contributed by atoms with Gasteiger partial charge in [-0.25, -0.2) is 0 Å². The van der Waals surface area contributed by atoms with Crippen LogP contribution in [-0.4, -0.2) is 12.5 Å². The van der Waals surface area contributed by atoms with Crippen molar-refractivity contribution in [2.75, 3.05) is 11.9 Å². The molecular formula is C23H25ClN2O2S2. The maximum Gasteiger partial charge on any atom is 0.225 e. The van der Waals surface area contributed by atoms with Crippen LogP contribution in [0.4, 0.5) is 5.00 Å². The fourth-order valence-electron chi connectivity index (χ4n) is 3.75. The highest BCUT2D eigenvalue weighted by Gasteiger charge is 2.23. The van der Waals surface area contributed by atoms with Crippen LogP contribution in [0.2, 0.25) is 5.02 Å². The fraction of sp³-hybridized carbons (Fsp3) is 0.435. The number of fused-ring (bicyclic) bond motifs is 1. The predicted molar refractivity (Wildman–Crippen MR) is 125 cm³/mol. The lowest BCUT2D eigenvalue weighted by Gasteiger charge is -2.23. The van der Waals surface area contributed by atoms with E-state index in [-0.39, 0.29) is 5.91 Å². The van der Waals surface area contributed by atoms with Crippen LogP contribution in [0, 0.1) is 34.9 Å². The van der Waals surface area contributed by atoms with E-state index in [0.717, 1.165) is 56.1 Å². The summed E-state index contributed by atoms with van der Waals surface area (Å²) in [5.41, 5.74) is 4.65. The Kier molecular flexibility index (Phi) is 7.51. The zero-order valence-corrected chi connectivity index (χ0v) is 19.8. The second-order valence-electron chi connectivity index (χ2n) is 7.88. The third-order valence-electron chi connectivity index (χ3n) is 5.37. The number of rotatable bonds is 6. The normalized spacial score (nSPS) is 15.2. The minimum atomic E-state index is -0.131. The van der Waals surface area contributed by atoms with Crippen molar-refractivity contribution in [2.24, 2.45) is 5.92 Å². The highest BCUT2D eigenvalue weighted by molar-refractivity contribution is 7.73. The van der Waals surface area contributed by atoms with E-state index < -0.39 is 0 Å². The van der Waals surface area contributed by atoms with Crippen molar-refractivity contribution in [1.29, 1.82) is 5.26 Å². The monoisotopic (exact) mass is 460 g/mol. The minimum Gasteiger partial charge on any atom is -0.494 e. The van der Waals surface area contributed by atoms with Gasteiger partial charge in [0.05, 0.1) is 16.0 Å². The minimum absolute atomic E-state index is 0.131. The molecule has 1 unspecified atom stereocenters. The molecule has 3 rings (SSSR count). The van der Waals surface area contributed by atoms with Gasteiger partial charge in [-0.2, -0.15) is 5.26 Å². The Balaban J connectivity index is 1.60. The van der Waals surface area contributed by atoms with Crippen molar-refractivity contribution in [3.63, 3.8) is 0 Å². The summed E-state index contributed by atoms with van der Waals surface area (Å²) in [6.45, 7) is 6.52. The Morgan fingerprint density at radius 1 is 1.37 bits per heavy atom. The molecule has 1 heterocycles. The summed E-state index contributed by atoms with van der Waals surface area (Å²) in [6.07, 6.45) is 3.67. The number of carbonyl (C=O) groups is 1. The summed E-state index contributed by atoms with van der Waals surface area (Å²) in [5.74, 6) is 1.20. The van der Waals surface area contributed by atoms with Crippen molar-refractivity contribution in [3.05, 3.63) is 48.8 Å². The van der Waals surface area contributed by atoms with Gasteiger partial charge in [-0.15, -0.1) is 11.3 Å². The Morgan fingerprint density at radius 2 is 2.07 bits per heavy atom. The van der Waals surface area contributed by atoms with E-state index in [0.29, 0.717) is 35.9 Å². The number of nitriles is 1. The Bertz CT molecular complexity index is 1050. The van der Waals surface area contributed by atoms with Crippen molar-refractivity contribution in [2.45, 2.75) is 52.9 Å². The van der Waals surface area contributed by atoms with Gasteiger partial charge < -0.3 is 10.1 Å². The van der Waals surface area contributed by atoms with Crippen molar-refractivity contribution >= 4 is 46.1 Å².